The van der Waals surface area contributed by atoms with Crippen LogP contribution in [-0.2, 0) is 45.4 Å². The predicted molar refractivity (Wildman–Crippen MR) is 132 cm³/mol. The molecule has 0 spiro atoms. The Morgan fingerprint density at radius 1 is 1.23 bits per heavy atom. The molecule has 1 aromatic rings. The molecule has 3 N–H and O–H groups in total. The van der Waals surface area contributed by atoms with Gasteiger partial charge < -0.3 is 29.7 Å². The fraction of sp³-hybridized carbons (Fsp3) is 0.600. The predicted octanol–water partition coefficient (Wildman–Crippen LogP) is 3.02. The van der Waals surface area contributed by atoms with Crippen molar-refractivity contribution < 1.29 is 51.5 Å². The molecule has 0 bridgehead atoms. The number of aliphatic hydroxyl groups excluding tert-OH is 2. The summed E-state index contributed by atoms with van der Waals surface area (Å²) < 4.78 is 65.8. The van der Waals surface area contributed by atoms with Crippen LogP contribution in [0.2, 0.25) is 0 Å². The van der Waals surface area contributed by atoms with Gasteiger partial charge in [0, 0.05) is 18.2 Å². The SMILES string of the molecule is CC(C)(C)c1cc(C(C)(C)C)c2c(c1F)COP(=O)(OC[C@]1(F)C[C@@H](O)[C@H](N3C=C(C=O)C(=O)NC3O)O1)O2. The van der Waals surface area contributed by atoms with Gasteiger partial charge >= 0.3 is 7.82 Å². The number of alkyl halides is 1. The lowest BCUT2D eigenvalue weighted by molar-refractivity contribution is -0.211. The molecule has 5 atom stereocenters. The number of nitrogens with one attached hydrogen (secondary N) is 1. The number of phosphoric acid groups is 1. The van der Waals surface area contributed by atoms with E-state index in [0.717, 1.165) is 11.1 Å². The Labute approximate surface area is 224 Å². The van der Waals surface area contributed by atoms with Gasteiger partial charge in [0.1, 0.15) is 24.3 Å². The number of nitrogens with zero attached hydrogens (tertiary/aromatic N) is 1. The summed E-state index contributed by atoms with van der Waals surface area (Å²) in [6, 6.07) is 1.66. The van der Waals surface area contributed by atoms with Crippen LogP contribution in [0.15, 0.2) is 17.8 Å². The molecule has 1 aromatic carbocycles. The fourth-order valence-electron chi connectivity index (χ4n) is 4.53. The number of ether oxygens (including phenoxy) is 1. The smallest absolute Gasteiger partial charge is 0.403 e. The molecule has 0 aromatic heterocycles. The summed E-state index contributed by atoms with van der Waals surface area (Å²) in [5, 5.41) is 22.6. The third-order valence-electron chi connectivity index (χ3n) is 6.62. The molecule has 3 heterocycles. The molecule has 14 heteroatoms. The van der Waals surface area contributed by atoms with Gasteiger partial charge in [0.05, 0.1) is 17.7 Å². The van der Waals surface area contributed by atoms with Crippen LogP contribution < -0.4 is 9.84 Å². The number of rotatable bonds is 5. The Kier molecular flexibility index (Phi) is 7.50. The zero-order valence-corrected chi connectivity index (χ0v) is 23.4. The van der Waals surface area contributed by atoms with E-state index in [2.05, 4.69) is 5.32 Å². The standard InChI is InChI=1S/C25H33F2N2O9P/c1-23(2,3)15-7-16(24(4,5)6)19-14(18(15)26)11-35-39(34,38-19)36-12-25(27)8-17(31)21(37-25)29-9-13(10-30)20(32)28-22(29)33/h7,9-10,17,21-22,31,33H,8,11-12H2,1-6H3,(H,28,32)/t17-,21-,22?,25+,39?/m1/s1. The lowest BCUT2D eigenvalue weighted by Gasteiger charge is -2.36. The highest BCUT2D eigenvalue weighted by Crippen LogP contribution is 2.58. The average Bonchev–Trinajstić information content (AvgIpc) is 3.11. The van der Waals surface area contributed by atoms with Crippen LogP contribution in [0.1, 0.15) is 64.7 Å². The summed E-state index contributed by atoms with van der Waals surface area (Å²) in [7, 11) is -4.47. The maximum absolute atomic E-state index is 15.6. The Morgan fingerprint density at radius 2 is 1.87 bits per heavy atom. The second-order valence-corrected chi connectivity index (χ2v) is 13.4. The van der Waals surface area contributed by atoms with Crippen molar-refractivity contribution in [3.05, 3.63) is 40.3 Å². The number of fused-ring (bicyclic) bond motifs is 1. The van der Waals surface area contributed by atoms with E-state index in [0.29, 0.717) is 11.1 Å². The first kappa shape index (κ1) is 29.6. The molecule has 216 valence electrons. The number of aliphatic hydroxyl groups is 2. The summed E-state index contributed by atoms with van der Waals surface area (Å²) >= 11 is 0. The number of hydrogen-bond acceptors (Lipinski definition) is 10. The van der Waals surface area contributed by atoms with Gasteiger partial charge in [-0.25, -0.2) is 13.3 Å². The molecule has 3 aliphatic rings. The van der Waals surface area contributed by atoms with E-state index >= 15 is 8.78 Å². The first-order valence-electron chi connectivity index (χ1n) is 12.3. The van der Waals surface area contributed by atoms with Gasteiger partial charge in [0.25, 0.3) is 5.91 Å². The minimum Gasteiger partial charge on any atom is -0.403 e. The molecule has 39 heavy (non-hydrogen) atoms. The Balaban J connectivity index is 1.55. The van der Waals surface area contributed by atoms with Crippen molar-refractivity contribution in [1.82, 2.24) is 10.2 Å². The summed E-state index contributed by atoms with van der Waals surface area (Å²) in [5.41, 5.74) is -0.401. The lowest BCUT2D eigenvalue weighted by atomic mass is 9.78. The number of benzene rings is 1. The highest BCUT2D eigenvalue weighted by Gasteiger charge is 2.52. The largest absolute Gasteiger partial charge is 0.530 e. The molecule has 0 aliphatic carbocycles. The van der Waals surface area contributed by atoms with Crippen molar-refractivity contribution in [3.8, 4) is 5.75 Å². The number of hydrogen-bond donors (Lipinski definition) is 3. The Morgan fingerprint density at radius 3 is 2.46 bits per heavy atom. The number of carbonyl (C=O) groups is 2. The number of amides is 1. The summed E-state index contributed by atoms with van der Waals surface area (Å²) in [4.78, 5) is 23.7. The molecule has 1 saturated heterocycles. The van der Waals surface area contributed by atoms with Gasteiger partial charge in [0.15, 0.2) is 12.5 Å². The molecule has 3 aliphatic heterocycles. The Hall–Kier alpha value is -2.41. The average molecular weight is 575 g/mol. The molecular weight excluding hydrogens is 541 g/mol. The third-order valence-corrected chi connectivity index (χ3v) is 7.92. The molecule has 2 unspecified atom stereocenters. The third kappa shape index (κ3) is 5.75. The van der Waals surface area contributed by atoms with Crippen molar-refractivity contribution in [2.45, 2.75) is 89.9 Å². The van der Waals surface area contributed by atoms with Crippen LogP contribution in [0.3, 0.4) is 0 Å². The summed E-state index contributed by atoms with van der Waals surface area (Å²) in [6.45, 7) is 9.76. The molecule has 0 radical (unpaired) electrons. The van der Waals surface area contributed by atoms with Crippen molar-refractivity contribution in [1.29, 1.82) is 0 Å². The van der Waals surface area contributed by atoms with E-state index in [9.17, 15) is 24.4 Å². The van der Waals surface area contributed by atoms with Crippen LogP contribution in [0.5, 0.6) is 5.75 Å². The minimum atomic E-state index is -4.47. The van der Waals surface area contributed by atoms with E-state index < -0.39 is 74.6 Å². The molecule has 4 rings (SSSR count). The number of aldehydes is 1. The van der Waals surface area contributed by atoms with Crippen LogP contribution in [0.4, 0.5) is 8.78 Å². The molecule has 11 nitrogen and oxygen atoms in total. The Bertz CT molecular complexity index is 1260. The second kappa shape index (κ2) is 9.90. The van der Waals surface area contributed by atoms with E-state index in [4.69, 9.17) is 18.3 Å². The van der Waals surface area contributed by atoms with Crippen LogP contribution in [-0.4, -0.2) is 58.5 Å². The number of phosphoric ester groups is 1. The second-order valence-electron chi connectivity index (χ2n) is 11.8. The van der Waals surface area contributed by atoms with Crippen LogP contribution in [0, 0.1) is 5.82 Å². The van der Waals surface area contributed by atoms with E-state index in [1.165, 1.54) is 0 Å². The zero-order valence-electron chi connectivity index (χ0n) is 22.5. The van der Waals surface area contributed by atoms with Crippen molar-refractivity contribution >= 4 is 20.0 Å². The van der Waals surface area contributed by atoms with Gasteiger partial charge in [0.2, 0.25) is 12.2 Å². The monoisotopic (exact) mass is 574 g/mol. The van der Waals surface area contributed by atoms with Gasteiger partial charge in [-0.05, 0) is 22.5 Å². The summed E-state index contributed by atoms with van der Waals surface area (Å²) in [6.07, 6.45) is -4.31. The lowest BCUT2D eigenvalue weighted by Crippen LogP contribution is -2.56. The molecule has 1 fully saturated rings. The first-order valence-corrected chi connectivity index (χ1v) is 13.8. The maximum Gasteiger partial charge on any atom is 0.530 e. The molecule has 0 saturated carbocycles. The number of halogens is 2. The van der Waals surface area contributed by atoms with E-state index in [-0.39, 0.29) is 23.2 Å². The first-order chi connectivity index (χ1) is 17.9. The highest BCUT2D eigenvalue weighted by molar-refractivity contribution is 7.49. The van der Waals surface area contributed by atoms with Crippen molar-refractivity contribution in [2.75, 3.05) is 6.61 Å². The normalized spacial score (nSPS) is 31.3. The molecule has 1 amide bonds. The number of carbonyl (C=O) groups excluding carboxylic acids is 2. The van der Waals surface area contributed by atoms with Crippen molar-refractivity contribution in [2.24, 2.45) is 0 Å². The quantitative estimate of drug-likeness (QED) is 0.273. The van der Waals surface area contributed by atoms with Gasteiger partial charge in [-0.2, -0.15) is 0 Å². The van der Waals surface area contributed by atoms with Gasteiger partial charge in [-0.15, -0.1) is 0 Å². The fourth-order valence-corrected chi connectivity index (χ4v) is 5.78. The van der Waals surface area contributed by atoms with Gasteiger partial charge in [-0.1, -0.05) is 41.5 Å². The highest BCUT2D eigenvalue weighted by atomic mass is 31.2. The summed E-state index contributed by atoms with van der Waals surface area (Å²) in [5.74, 6) is -4.14. The van der Waals surface area contributed by atoms with Gasteiger partial charge in [-0.3, -0.25) is 18.6 Å². The maximum atomic E-state index is 15.6. The van der Waals surface area contributed by atoms with Crippen LogP contribution in [0.25, 0.3) is 0 Å². The zero-order chi connectivity index (χ0) is 29.1. The van der Waals surface area contributed by atoms with Crippen molar-refractivity contribution in [3.63, 3.8) is 0 Å². The van der Waals surface area contributed by atoms with Crippen LogP contribution >= 0.6 is 7.82 Å². The van der Waals surface area contributed by atoms with E-state index in [1.807, 2.05) is 41.5 Å². The molecular formula is C25H33F2N2O9P. The van der Waals surface area contributed by atoms with E-state index in [1.54, 1.807) is 6.07 Å². The minimum absolute atomic E-state index is 0.000506. The topological polar surface area (TPSA) is 144 Å².